The van der Waals surface area contributed by atoms with Gasteiger partial charge in [0.05, 0.1) is 15.8 Å². The summed E-state index contributed by atoms with van der Waals surface area (Å²) in [5.74, 6) is 0. The fraction of sp³-hybridized carbons (Fsp3) is 0.0500. The van der Waals surface area contributed by atoms with Gasteiger partial charge >= 0.3 is 0 Å². The van der Waals surface area contributed by atoms with Crippen molar-refractivity contribution in [2.75, 3.05) is 0 Å². The van der Waals surface area contributed by atoms with Crippen LogP contribution in [0.3, 0.4) is 0 Å². The highest BCUT2D eigenvalue weighted by molar-refractivity contribution is 7.99. The van der Waals surface area contributed by atoms with Gasteiger partial charge in [-0.25, -0.2) is 0 Å². The van der Waals surface area contributed by atoms with Crippen LogP contribution in [0.4, 0.5) is 5.69 Å². The highest BCUT2D eigenvalue weighted by atomic mass is 32.2. The molecule has 0 saturated carbocycles. The number of fused-ring (bicyclic) bond motifs is 4. The summed E-state index contributed by atoms with van der Waals surface area (Å²) >= 11 is 1.43. The Bertz CT molecular complexity index is 1400. The average Bonchev–Trinajstić information content (AvgIpc) is 3.11. The lowest BCUT2D eigenvalue weighted by atomic mass is 10.1. The van der Waals surface area contributed by atoms with Gasteiger partial charge in [0.1, 0.15) is 0 Å². The van der Waals surface area contributed by atoms with Crippen LogP contribution in [-0.4, -0.2) is 24.5 Å². The van der Waals surface area contributed by atoms with Crippen molar-refractivity contribution in [1.82, 2.24) is 19.6 Å². The van der Waals surface area contributed by atoms with E-state index in [0.717, 1.165) is 32.4 Å². The summed E-state index contributed by atoms with van der Waals surface area (Å²) in [7, 11) is 0. The minimum absolute atomic E-state index is 0.0413. The predicted molar refractivity (Wildman–Crippen MR) is 108 cm³/mol. The normalized spacial score (nSPS) is 11.5. The molecule has 0 saturated heterocycles. The summed E-state index contributed by atoms with van der Waals surface area (Å²) in [4.78, 5) is 15.9. The molecule has 5 aromatic rings. The van der Waals surface area contributed by atoms with Crippen molar-refractivity contribution in [3.63, 3.8) is 0 Å². The van der Waals surface area contributed by atoms with Crippen molar-refractivity contribution in [2.24, 2.45) is 0 Å². The molecule has 0 aliphatic carbocycles. The lowest BCUT2D eigenvalue weighted by Crippen LogP contribution is -1.94. The molecule has 0 atom stereocenters. The van der Waals surface area contributed by atoms with Gasteiger partial charge in [-0.15, -0.1) is 10.2 Å². The predicted octanol–water partition coefficient (Wildman–Crippen LogP) is 4.80. The SMILES string of the molecule is Cc1cc2nnc(Sc3ccc([N+](=O)[O-])c4cnccc34)n2c2ccccc12. The summed E-state index contributed by atoms with van der Waals surface area (Å²) in [5, 5.41) is 23.1. The van der Waals surface area contributed by atoms with Crippen molar-refractivity contribution >= 4 is 44.8 Å². The van der Waals surface area contributed by atoms with Crippen molar-refractivity contribution in [3.8, 4) is 0 Å². The number of hydrogen-bond acceptors (Lipinski definition) is 6. The number of nitro groups is 1. The molecule has 8 heteroatoms. The van der Waals surface area contributed by atoms with Gasteiger partial charge in [0.15, 0.2) is 5.65 Å². The van der Waals surface area contributed by atoms with Gasteiger partial charge in [0.25, 0.3) is 5.69 Å². The van der Waals surface area contributed by atoms with Gasteiger partial charge in [-0.2, -0.15) is 0 Å². The molecule has 0 amide bonds. The molecular formula is C20H13N5O2S. The van der Waals surface area contributed by atoms with Crippen LogP contribution in [0.25, 0.3) is 27.3 Å². The number of nitro benzene ring substituents is 1. The average molecular weight is 387 g/mol. The number of nitrogens with zero attached hydrogens (tertiary/aromatic N) is 5. The zero-order valence-electron chi connectivity index (χ0n) is 14.7. The molecule has 0 radical (unpaired) electrons. The zero-order chi connectivity index (χ0) is 19.3. The van der Waals surface area contributed by atoms with Gasteiger partial charge < -0.3 is 0 Å². The van der Waals surface area contributed by atoms with E-state index in [4.69, 9.17) is 0 Å². The van der Waals surface area contributed by atoms with E-state index in [1.165, 1.54) is 24.0 Å². The Morgan fingerprint density at radius 2 is 1.89 bits per heavy atom. The van der Waals surface area contributed by atoms with Gasteiger partial charge in [0, 0.05) is 34.1 Å². The molecular weight excluding hydrogens is 374 g/mol. The second-order valence-corrected chi connectivity index (χ2v) is 7.39. The lowest BCUT2D eigenvalue weighted by molar-refractivity contribution is -0.383. The number of aromatic nitrogens is 4. The van der Waals surface area contributed by atoms with Crippen molar-refractivity contribution < 1.29 is 4.92 Å². The topological polar surface area (TPSA) is 86.2 Å². The van der Waals surface area contributed by atoms with Crippen LogP contribution in [0.2, 0.25) is 0 Å². The summed E-state index contributed by atoms with van der Waals surface area (Å²) in [6.07, 6.45) is 3.16. The van der Waals surface area contributed by atoms with E-state index >= 15 is 0 Å². The van der Waals surface area contributed by atoms with Gasteiger partial charge in [0.2, 0.25) is 5.16 Å². The monoisotopic (exact) mass is 387 g/mol. The number of pyridine rings is 2. The Kier molecular flexibility index (Phi) is 3.73. The first-order valence-electron chi connectivity index (χ1n) is 8.56. The molecule has 3 heterocycles. The molecule has 3 aromatic heterocycles. The highest BCUT2D eigenvalue weighted by Crippen LogP contribution is 2.37. The zero-order valence-corrected chi connectivity index (χ0v) is 15.6. The van der Waals surface area contributed by atoms with Gasteiger partial charge in [-0.3, -0.25) is 19.5 Å². The maximum Gasteiger partial charge on any atom is 0.278 e. The first kappa shape index (κ1) is 16.6. The molecule has 2 aromatic carbocycles. The second kappa shape index (κ2) is 6.28. The van der Waals surface area contributed by atoms with E-state index in [2.05, 4.69) is 28.2 Å². The number of rotatable bonds is 3. The van der Waals surface area contributed by atoms with Crippen LogP contribution in [0.1, 0.15) is 5.56 Å². The molecule has 0 unspecified atom stereocenters. The van der Waals surface area contributed by atoms with E-state index in [1.54, 1.807) is 18.3 Å². The largest absolute Gasteiger partial charge is 0.278 e. The molecule has 0 N–H and O–H groups in total. The third-order valence-corrected chi connectivity index (χ3v) is 5.75. The molecule has 7 nitrogen and oxygen atoms in total. The first-order valence-corrected chi connectivity index (χ1v) is 9.37. The fourth-order valence-electron chi connectivity index (χ4n) is 3.44. The molecule has 136 valence electrons. The van der Waals surface area contributed by atoms with Crippen LogP contribution in [0.15, 0.2) is 71.0 Å². The van der Waals surface area contributed by atoms with Crippen LogP contribution < -0.4 is 0 Å². The Hall–Kier alpha value is -3.52. The Morgan fingerprint density at radius 3 is 2.75 bits per heavy atom. The number of para-hydroxylation sites is 1. The first-order chi connectivity index (χ1) is 13.6. The molecule has 0 aliphatic rings. The third-order valence-electron chi connectivity index (χ3n) is 4.73. The van der Waals surface area contributed by atoms with E-state index in [9.17, 15) is 10.1 Å². The number of hydrogen-bond donors (Lipinski definition) is 0. The quantitative estimate of drug-likeness (QED) is 0.326. The van der Waals surface area contributed by atoms with Crippen molar-refractivity contribution in [1.29, 1.82) is 0 Å². The number of benzene rings is 2. The fourth-order valence-corrected chi connectivity index (χ4v) is 4.42. The summed E-state index contributed by atoms with van der Waals surface area (Å²) in [5.41, 5.74) is 2.98. The number of non-ortho nitro benzene ring substituents is 1. The number of aryl methyl sites for hydroxylation is 1. The Balaban J connectivity index is 1.73. The summed E-state index contributed by atoms with van der Waals surface area (Å²) < 4.78 is 2.02. The van der Waals surface area contributed by atoms with E-state index in [-0.39, 0.29) is 10.6 Å². The molecule has 28 heavy (non-hydrogen) atoms. The third kappa shape index (κ3) is 2.49. The minimum Gasteiger partial charge on any atom is -0.270 e. The summed E-state index contributed by atoms with van der Waals surface area (Å²) in [6, 6.07) is 15.2. The lowest BCUT2D eigenvalue weighted by Gasteiger charge is -2.08. The van der Waals surface area contributed by atoms with E-state index in [1.807, 2.05) is 28.7 Å². The molecule has 0 spiro atoms. The molecule has 0 fully saturated rings. The van der Waals surface area contributed by atoms with Crippen LogP contribution >= 0.6 is 11.8 Å². The maximum atomic E-state index is 11.3. The maximum absolute atomic E-state index is 11.3. The highest BCUT2D eigenvalue weighted by Gasteiger charge is 2.17. The van der Waals surface area contributed by atoms with Crippen LogP contribution in [0.5, 0.6) is 0 Å². The standard InChI is InChI=1S/C20H13N5O2S/c1-12-10-19-22-23-20(24(19)16-5-3-2-4-13(12)16)28-18-7-6-17(25(26)27)15-11-21-9-8-14(15)18/h2-11H,1H3. The van der Waals surface area contributed by atoms with Gasteiger partial charge in [-0.1, -0.05) is 18.2 Å². The second-order valence-electron chi connectivity index (χ2n) is 6.38. The Labute approximate surface area is 163 Å². The molecule has 0 aliphatic heterocycles. The molecule has 0 bridgehead atoms. The van der Waals surface area contributed by atoms with Crippen molar-refractivity contribution in [3.05, 3.63) is 76.6 Å². The van der Waals surface area contributed by atoms with Crippen LogP contribution in [0, 0.1) is 17.0 Å². The smallest absolute Gasteiger partial charge is 0.270 e. The minimum atomic E-state index is -0.388. The molecule has 5 rings (SSSR count). The van der Waals surface area contributed by atoms with E-state index in [0.29, 0.717) is 10.5 Å². The van der Waals surface area contributed by atoms with Crippen LogP contribution in [-0.2, 0) is 0 Å². The van der Waals surface area contributed by atoms with Gasteiger partial charge in [-0.05, 0) is 48.5 Å². The summed E-state index contributed by atoms with van der Waals surface area (Å²) in [6.45, 7) is 2.06. The van der Waals surface area contributed by atoms with Crippen molar-refractivity contribution in [2.45, 2.75) is 17.0 Å². The Morgan fingerprint density at radius 1 is 1.04 bits per heavy atom. The van der Waals surface area contributed by atoms with E-state index < -0.39 is 0 Å².